The predicted octanol–water partition coefficient (Wildman–Crippen LogP) is 2.59. The second-order valence-electron chi connectivity index (χ2n) is 4.48. The van der Waals surface area contributed by atoms with Crippen molar-refractivity contribution in [2.75, 3.05) is 13.1 Å². The van der Waals surface area contributed by atoms with Gasteiger partial charge in [0.25, 0.3) is 0 Å². The van der Waals surface area contributed by atoms with Gasteiger partial charge in [0.2, 0.25) is 0 Å². The Kier molecular flexibility index (Phi) is 5.61. The number of nitrogens with zero attached hydrogens (tertiary/aromatic N) is 2. The van der Waals surface area contributed by atoms with E-state index in [9.17, 15) is 0 Å². The lowest BCUT2D eigenvalue weighted by atomic mass is 10.1. The van der Waals surface area contributed by atoms with E-state index < -0.39 is 0 Å². The molecule has 0 saturated carbocycles. The van der Waals surface area contributed by atoms with Crippen molar-refractivity contribution in [3.8, 4) is 0 Å². The van der Waals surface area contributed by atoms with Gasteiger partial charge in [-0.2, -0.15) is 0 Å². The molecule has 0 radical (unpaired) electrons. The molecule has 0 aliphatic heterocycles. The van der Waals surface area contributed by atoms with Gasteiger partial charge in [-0.15, -0.1) is 11.3 Å². The molecule has 108 valence electrons. The van der Waals surface area contributed by atoms with Crippen LogP contribution in [0.25, 0.3) is 0 Å². The van der Waals surface area contributed by atoms with E-state index in [1.165, 1.54) is 4.88 Å². The van der Waals surface area contributed by atoms with Gasteiger partial charge in [-0.1, -0.05) is 18.1 Å². The lowest BCUT2D eigenvalue weighted by Crippen LogP contribution is -2.39. The molecule has 20 heavy (non-hydrogen) atoms. The summed E-state index contributed by atoms with van der Waals surface area (Å²) < 4.78 is 4.80. The van der Waals surface area contributed by atoms with E-state index >= 15 is 0 Å². The highest BCUT2D eigenvalue weighted by Gasteiger charge is 2.07. The van der Waals surface area contributed by atoms with E-state index in [4.69, 9.17) is 4.52 Å². The number of rotatable bonds is 6. The second-order valence-corrected chi connectivity index (χ2v) is 5.46. The quantitative estimate of drug-likeness (QED) is 0.634. The van der Waals surface area contributed by atoms with Gasteiger partial charge in [-0.3, -0.25) is 0 Å². The summed E-state index contributed by atoms with van der Waals surface area (Å²) in [5, 5.41) is 12.5. The molecule has 6 heteroatoms. The Labute approximate surface area is 123 Å². The molecule has 0 aliphatic carbocycles. The highest BCUT2D eigenvalue weighted by molar-refractivity contribution is 7.10. The zero-order chi connectivity index (χ0) is 14.2. The third kappa shape index (κ3) is 4.38. The fourth-order valence-electron chi connectivity index (χ4n) is 1.74. The van der Waals surface area contributed by atoms with E-state index in [0.717, 1.165) is 24.7 Å². The van der Waals surface area contributed by atoms with E-state index in [1.54, 1.807) is 17.6 Å². The van der Waals surface area contributed by atoms with Gasteiger partial charge in [0.05, 0.1) is 6.54 Å². The SMILES string of the molecule is CCNC(=NCc1ccon1)NCC(C)c1cccs1. The molecule has 2 aromatic rings. The van der Waals surface area contributed by atoms with Gasteiger partial charge >= 0.3 is 0 Å². The van der Waals surface area contributed by atoms with Crippen molar-refractivity contribution < 1.29 is 4.52 Å². The van der Waals surface area contributed by atoms with Gasteiger partial charge in [0.1, 0.15) is 12.0 Å². The highest BCUT2D eigenvalue weighted by Crippen LogP contribution is 2.19. The largest absolute Gasteiger partial charge is 0.364 e. The summed E-state index contributed by atoms with van der Waals surface area (Å²) in [6.45, 7) is 6.46. The first-order chi connectivity index (χ1) is 9.79. The van der Waals surface area contributed by atoms with Crippen molar-refractivity contribution in [1.82, 2.24) is 15.8 Å². The van der Waals surface area contributed by atoms with Crippen LogP contribution in [0, 0.1) is 0 Å². The van der Waals surface area contributed by atoms with Crippen molar-refractivity contribution in [3.05, 3.63) is 40.4 Å². The molecule has 0 aromatic carbocycles. The molecular formula is C14H20N4OS. The van der Waals surface area contributed by atoms with Crippen LogP contribution in [-0.4, -0.2) is 24.2 Å². The Hall–Kier alpha value is -1.82. The number of aromatic nitrogens is 1. The van der Waals surface area contributed by atoms with Gasteiger partial charge in [0.15, 0.2) is 5.96 Å². The molecule has 2 N–H and O–H groups in total. The van der Waals surface area contributed by atoms with Gasteiger partial charge in [-0.05, 0) is 18.4 Å². The molecule has 1 unspecified atom stereocenters. The van der Waals surface area contributed by atoms with Crippen LogP contribution < -0.4 is 10.6 Å². The van der Waals surface area contributed by atoms with Crippen LogP contribution in [0.5, 0.6) is 0 Å². The van der Waals surface area contributed by atoms with Crippen molar-refractivity contribution in [2.24, 2.45) is 4.99 Å². The van der Waals surface area contributed by atoms with Crippen LogP contribution in [0.1, 0.15) is 30.3 Å². The molecular weight excluding hydrogens is 272 g/mol. The third-order valence-corrected chi connectivity index (χ3v) is 3.94. The van der Waals surface area contributed by atoms with Crippen LogP contribution in [0.15, 0.2) is 39.4 Å². The molecule has 1 atom stereocenters. The summed E-state index contributed by atoms with van der Waals surface area (Å²) >= 11 is 1.78. The van der Waals surface area contributed by atoms with E-state index in [1.807, 2.05) is 6.07 Å². The fourth-order valence-corrected chi connectivity index (χ4v) is 2.53. The van der Waals surface area contributed by atoms with Crippen LogP contribution in [-0.2, 0) is 6.54 Å². The van der Waals surface area contributed by atoms with Crippen LogP contribution in [0.3, 0.4) is 0 Å². The second kappa shape index (κ2) is 7.69. The van der Waals surface area contributed by atoms with Crippen molar-refractivity contribution >= 4 is 17.3 Å². The van der Waals surface area contributed by atoms with Crippen LogP contribution in [0.4, 0.5) is 0 Å². The van der Waals surface area contributed by atoms with Gasteiger partial charge < -0.3 is 15.2 Å². The molecule has 0 bridgehead atoms. The smallest absolute Gasteiger partial charge is 0.191 e. The Morgan fingerprint density at radius 1 is 1.45 bits per heavy atom. The maximum Gasteiger partial charge on any atom is 0.191 e. The van der Waals surface area contributed by atoms with Crippen molar-refractivity contribution in [1.29, 1.82) is 0 Å². The first-order valence-corrected chi connectivity index (χ1v) is 7.62. The molecule has 0 amide bonds. The van der Waals surface area contributed by atoms with E-state index in [-0.39, 0.29) is 0 Å². The number of hydrogen-bond donors (Lipinski definition) is 2. The van der Waals surface area contributed by atoms with Crippen molar-refractivity contribution in [3.63, 3.8) is 0 Å². The Morgan fingerprint density at radius 3 is 3.00 bits per heavy atom. The maximum absolute atomic E-state index is 4.80. The molecule has 5 nitrogen and oxygen atoms in total. The summed E-state index contributed by atoms with van der Waals surface area (Å²) in [7, 11) is 0. The predicted molar refractivity (Wildman–Crippen MR) is 82.1 cm³/mol. The molecule has 2 heterocycles. The Bertz CT molecular complexity index is 507. The minimum Gasteiger partial charge on any atom is -0.364 e. The molecule has 0 aliphatic rings. The summed E-state index contributed by atoms with van der Waals surface area (Å²) in [6, 6.07) is 6.07. The molecule has 2 rings (SSSR count). The number of nitrogens with one attached hydrogen (secondary N) is 2. The summed E-state index contributed by atoms with van der Waals surface area (Å²) in [5.74, 6) is 1.27. The first-order valence-electron chi connectivity index (χ1n) is 6.74. The zero-order valence-electron chi connectivity index (χ0n) is 11.8. The van der Waals surface area contributed by atoms with E-state index in [2.05, 4.69) is 52.1 Å². The van der Waals surface area contributed by atoms with E-state index in [0.29, 0.717) is 12.5 Å². The Morgan fingerprint density at radius 2 is 2.35 bits per heavy atom. The minimum atomic E-state index is 0.464. The first kappa shape index (κ1) is 14.6. The average Bonchev–Trinajstić information content (AvgIpc) is 3.13. The summed E-state index contributed by atoms with van der Waals surface area (Å²) in [5.41, 5.74) is 0.827. The number of aliphatic imine (C=N–C) groups is 1. The monoisotopic (exact) mass is 292 g/mol. The number of thiophene rings is 1. The molecule has 0 saturated heterocycles. The maximum atomic E-state index is 4.80. The topological polar surface area (TPSA) is 62.5 Å². The van der Waals surface area contributed by atoms with Gasteiger partial charge in [-0.25, -0.2) is 4.99 Å². The highest BCUT2D eigenvalue weighted by atomic mass is 32.1. The fraction of sp³-hybridized carbons (Fsp3) is 0.429. The molecule has 0 spiro atoms. The normalized spacial score (nSPS) is 13.2. The zero-order valence-corrected chi connectivity index (χ0v) is 12.6. The minimum absolute atomic E-state index is 0.464. The van der Waals surface area contributed by atoms with Crippen LogP contribution in [0.2, 0.25) is 0 Å². The standard InChI is InChI=1S/C14H20N4OS/c1-3-15-14(17-10-12-6-7-19-18-12)16-9-11(2)13-5-4-8-20-13/h4-8,11H,3,9-10H2,1-2H3,(H2,15,16,17). The average molecular weight is 292 g/mol. The lowest BCUT2D eigenvalue weighted by Gasteiger charge is -2.14. The molecule has 2 aromatic heterocycles. The summed E-state index contributed by atoms with van der Waals surface area (Å²) in [4.78, 5) is 5.86. The number of hydrogen-bond acceptors (Lipinski definition) is 4. The van der Waals surface area contributed by atoms with Crippen LogP contribution >= 0.6 is 11.3 Å². The number of guanidine groups is 1. The summed E-state index contributed by atoms with van der Waals surface area (Å²) in [6.07, 6.45) is 1.56. The molecule has 0 fully saturated rings. The Balaban J connectivity index is 1.87. The van der Waals surface area contributed by atoms with Crippen molar-refractivity contribution in [2.45, 2.75) is 26.3 Å². The lowest BCUT2D eigenvalue weighted by molar-refractivity contribution is 0.412. The third-order valence-electron chi connectivity index (χ3n) is 2.84. The van der Waals surface area contributed by atoms with Gasteiger partial charge in [0, 0.05) is 30.0 Å².